The maximum Gasteiger partial charge on any atom is 0.573 e. The molecule has 1 aliphatic heterocycles. The van der Waals surface area contributed by atoms with E-state index in [1.807, 2.05) is 6.92 Å². The monoisotopic (exact) mass is 487 g/mol. The van der Waals surface area contributed by atoms with Gasteiger partial charge in [-0.15, -0.1) is 18.3 Å². The van der Waals surface area contributed by atoms with Gasteiger partial charge in [-0.1, -0.05) is 12.1 Å². The Bertz CT molecular complexity index is 1360. The van der Waals surface area contributed by atoms with Gasteiger partial charge in [-0.25, -0.2) is 18.7 Å². The Morgan fingerprint density at radius 1 is 1.09 bits per heavy atom. The van der Waals surface area contributed by atoms with Gasteiger partial charge in [0.15, 0.2) is 5.82 Å². The van der Waals surface area contributed by atoms with Gasteiger partial charge in [-0.2, -0.15) is 10.1 Å². The van der Waals surface area contributed by atoms with Crippen LogP contribution in [-0.4, -0.2) is 35.9 Å². The highest BCUT2D eigenvalue weighted by atomic mass is 19.4. The number of alkyl halides is 3. The lowest BCUT2D eigenvalue weighted by Crippen LogP contribution is -2.33. The minimum atomic E-state index is -4.75. The molecule has 12 heteroatoms. The van der Waals surface area contributed by atoms with Gasteiger partial charge < -0.3 is 10.1 Å². The Labute approximate surface area is 197 Å². The summed E-state index contributed by atoms with van der Waals surface area (Å²) in [5.74, 6) is 0.732. The van der Waals surface area contributed by atoms with Crippen molar-refractivity contribution in [3.63, 3.8) is 0 Å². The summed E-state index contributed by atoms with van der Waals surface area (Å²) in [6.45, 7) is 4.34. The third-order valence-corrected chi connectivity index (χ3v) is 5.99. The van der Waals surface area contributed by atoms with Crippen molar-refractivity contribution in [2.45, 2.75) is 45.0 Å². The van der Waals surface area contributed by atoms with E-state index in [0.717, 1.165) is 18.4 Å². The van der Waals surface area contributed by atoms with Crippen molar-refractivity contribution in [3.8, 4) is 11.4 Å². The molecule has 3 heterocycles. The standard InChI is InChI=1S/C23H21F4N7O/c1-14-28-13-34(31-14)19-9-6-16(12-18(19)24)29-21-30-20-22(2,10-3-11-33(20)32-21)15-4-7-17(8-5-15)35-23(25,26)27/h4-9,12-13H,3,10-11H2,1-2H3,(H,29,32). The predicted octanol–water partition coefficient (Wildman–Crippen LogP) is 5.05. The number of nitrogens with one attached hydrogen (secondary N) is 1. The third-order valence-electron chi connectivity index (χ3n) is 5.99. The maximum atomic E-state index is 14.7. The van der Waals surface area contributed by atoms with E-state index in [1.54, 1.807) is 35.9 Å². The topological polar surface area (TPSA) is 82.7 Å². The number of rotatable bonds is 5. The smallest absolute Gasteiger partial charge is 0.406 e. The second-order valence-electron chi connectivity index (χ2n) is 8.52. The zero-order valence-corrected chi connectivity index (χ0v) is 18.8. The van der Waals surface area contributed by atoms with E-state index >= 15 is 0 Å². The van der Waals surface area contributed by atoms with Crippen molar-refractivity contribution >= 4 is 11.6 Å². The first-order valence-electron chi connectivity index (χ1n) is 10.9. The molecule has 0 amide bonds. The number of fused-ring (bicyclic) bond motifs is 1. The molecule has 0 saturated heterocycles. The molecule has 1 unspecified atom stereocenters. The van der Waals surface area contributed by atoms with E-state index in [-0.39, 0.29) is 11.4 Å². The maximum absolute atomic E-state index is 14.7. The second kappa shape index (κ2) is 8.36. The van der Waals surface area contributed by atoms with Crippen LogP contribution in [0.1, 0.15) is 37.0 Å². The van der Waals surface area contributed by atoms with E-state index < -0.39 is 17.6 Å². The molecule has 1 atom stereocenters. The summed E-state index contributed by atoms with van der Waals surface area (Å²) in [5, 5.41) is 11.7. The van der Waals surface area contributed by atoms with Crippen LogP contribution in [0.15, 0.2) is 48.8 Å². The fourth-order valence-corrected chi connectivity index (χ4v) is 4.31. The number of aryl methyl sites for hydroxylation is 2. The molecular formula is C23H21F4N7O. The molecule has 0 radical (unpaired) electrons. The SMILES string of the molecule is Cc1ncn(-c2ccc(Nc3nc4n(n3)CCCC4(C)c3ccc(OC(F)(F)F)cc3)cc2F)n1. The molecule has 0 fully saturated rings. The van der Waals surface area contributed by atoms with Crippen molar-refractivity contribution in [1.29, 1.82) is 0 Å². The fraction of sp³-hybridized carbons (Fsp3) is 0.304. The molecule has 4 aromatic rings. The van der Waals surface area contributed by atoms with Crippen molar-refractivity contribution in [1.82, 2.24) is 29.5 Å². The molecular weight excluding hydrogens is 466 g/mol. The molecule has 0 aliphatic carbocycles. The molecule has 1 N–H and O–H groups in total. The van der Waals surface area contributed by atoms with Crippen LogP contribution in [0.5, 0.6) is 5.75 Å². The van der Waals surface area contributed by atoms with E-state index in [9.17, 15) is 17.6 Å². The van der Waals surface area contributed by atoms with Crippen molar-refractivity contribution in [3.05, 3.63) is 71.8 Å². The molecule has 2 aromatic carbocycles. The zero-order chi connectivity index (χ0) is 24.8. The molecule has 5 rings (SSSR count). The van der Waals surface area contributed by atoms with Gasteiger partial charge >= 0.3 is 6.36 Å². The lowest BCUT2D eigenvalue weighted by Gasteiger charge is -2.33. The largest absolute Gasteiger partial charge is 0.573 e. The number of benzene rings is 2. The van der Waals surface area contributed by atoms with Crippen LogP contribution in [-0.2, 0) is 12.0 Å². The van der Waals surface area contributed by atoms with Crippen molar-refractivity contribution < 1.29 is 22.3 Å². The van der Waals surface area contributed by atoms with Gasteiger partial charge in [0.2, 0.25) is 5.95 Å². The molecule has 0 saturated carbocycles. The van der Waals surface area contributed by atoms with E-state index in [1.165, 1.54) is 29.2 Å². The Morgan fingerprint density at radius 3 is 2.51 bits per heavy atom. The summed E-state index contributed by atoms with van der Waals surface area (Å²) < 4.78 is 59.3. The Balaban J connectivity index is 1.39. The average Bonchev–Trinajstić information content (AvgIpc) is 3.40. The summed E-state index contributed by atoms with van der Waals surface area (Å²) in [5.41, 5.74) is 0.952. The predicted molar refractivity (Wildman–Crippen MR) is 118 cm³/mol. The lowest BCUT2D eigenvalue weighted by molar-refractivity contribution is -0.274. The lowest BCUT2D eigenvalue weighted by atomic mass is 9.76. The summed E-state index contributed by atoms with van der Waals surface area (Å²) >= 11 is 0. The van der Waals surface area contributed by atoms with Crippen LogP contribution in [0.2, 0.25) is 0 Å². The molecule has 2 aromatic heterocycles. The number of ether oxygens (including phenoxy) is 1. The molecule has 8 nitrogen and oxygen atoms in total. The van der Waals surface area contributed by atoms with E-state index in [4.69, 9.17) is 0 Å². The number of nitrogens with zero attached hydrogens (tertiary/aromatic N) is 6. The number of hydrogen-bond donors (Lipinski definition) is 1. The van der Waals surface area contributed by atoms with Gasteiger partial charge in [0.25, 0.3) is 0 Å². The van der Waals surface area contributed by atoms with Crippen LogP contribution in [0, 0.1) is 12.7 Å². The second-order valence-corrected chi connectivity index (χ2v) is 8.52. The Hall–Kier alpha value is -3.96. The van der Waals surface area contributed by atoms with Crippen LogP contribution in [0.3, 0.4) is 0 Å². The van der Waals surface area contributed by atoms with Crippen molar-refractivity contribution in [2.75, 3.05) is 5.32 Å². The van der Waals surface area contributed by atoms with Crippen LogP contribution < -0.4 is 10.1 Å². The highest BCUT2D eigenvalue weighted by Crippen LogP contribution is 2.40. The summed E-state index contributed by atoms with van der Waals surface area (Å²) in [7, 11) is 0. The Morgan fingerprint density at radius 2 is 1.86 bits per heavy atom. The summed E-state index contributed by atoms with van der Waals surface area (Å²) in [4.78, 5) is 8.66. The number of hydrogen-bond acceptors (Lipinski definition) is 6. The first-order valence-corrected chi connectivity index (χ1v) is 10.9. The van der Waals surface area contributed by atoms with Gasteiger partial charge in [0, 0.05) is 12.2 Å². The normalized spacial score (nSPS) is 17.8. The highest BCUT2D eigenvalue weighted by Gasteiger charge is 2.38. The fourth-order valence-electron chi connectivity index (χ4n) is 4.31. The van der Waals surface area contributed by atoms with E-state index in [0.29, 0.717) is 29.8 Å². The van der Waals surface area contributed by atoms with Crippen LogP contribution in [0.4, 0.5) is 29.2 Å². The van der Waals surface area contributed by atoms with Gasteiger partial charge in [0.1, 0.15) is 29.4 Å². The number of anilines is 2. The van der Waals surface area contributed by atoms with Crippen molar-refractivity contribution in [2.24, 2.45) is 0 Å². The molecule has 182 valence electrons. The minimum Gasteiger partial charge on any atom is -0.406 e. The minimum absolute atomic E-state index is 0.263. The van der Waals surface area contributed by atoms with Crippen LogP contribution >= 0.6 is 0 Å². The summed E-state index contributed by atoms with van der Waals surface area (Å²) in [6.07, 6.45) is -1.75. The van der Waals surface area contributed by atoms with Crippen LogP contribution in [0.25, 0.3) is 5.69 Å². The molecule has 35 heavy (non-hydrogen) atoms. The zero-order valence-electron chi connectivity index (χ0n) is 18.8. The van der Waals surface area contributed by atoms with Gasteiger partial charge in [-0.05, 0) is 62.6 Å². The van der Waals surface area contributed by atoms with Gasteiger partial charge in [0.05, 0.1) is 5.41 Å². The summed E-state index contributed by atoms with van der Waals surface area (Å²) in [6, 6.07) is 10.4. The number of aromatic nitrogens is 6. The quantitative estimate of drug-likeness (QED) is 0.397. The Kier molecular flexibility index (Phi) is 5.45. The first kappa shape index (κ1) is 22.8. The average molecular weight is 487 g/mol. The third kappa shape index (κ3) is 4.55. The van der Waals surface area contributed by atoms with Gasteiger partial charge in [-0.3, -0.25) is 0 Å². The first-order chi connectivity index (χ1) is 16.6. The highest BCUT2D eigenvalue weighted by molar-refractivity contribution is 5.56. The molecule has 1 aliphatic rings. The number of halogens is 4. The van der Waals surface area contributed by atoms with E-state index in [2.05, 4.69) is 30.2 Å². The molecule has 0 bridgehead atoms. The molecule has 0 spiro atoms.